The predicted octanol–water partition coefficient (Wildman–Crippen LogP) is 4.66. The molecule has 122 valence electrons. The molecule has 23 heavy (non-hydrogen) atoms. The molecule has 0 aliphatic rings. The largest absolute Gasteiger partial charge is 0.492 e. The van der Waals surface area contributed by atoms with E-state index in [1.165, 1.54) is 5.56 Å². The Hall–Kier alpha value is -2.20. The molecular weight excluding hydrogens is 312 g/mol. The number of nitrogens with one attached hydrogen (secondary N) is 2. The highest BCUT2D eigenvalue weighted by Crippen LogP contribution is 2.19. The molecule has 0 aliphatic carbocycles. The Labute approximate surface area is 141 Å². The average Bonchev–Trinajstić information content (AvgIpc) is 2.54. The maximum Gasteiger partial charge on any atom is 0.319 e. The molecule has 0 aromatic heterocycles. The summed E-state index contributed by atoms with van der Waals surface area (Å²) in [6, 6.07) is 14.7. The molecule has 2 aromatic rings. The van der Waals surface area contributed by atoms with Crippen LogP contribution < -0.4 is 15.4 Å². The van der Waals surface area contributed by atoms with Crippen LogP contribution in [0.25, 0.3) is 0 Å². The summed E-state index contributed by atoms with van der Waals surface area (Å²) in [5.74, 6) is 1.28. The number of amides is 2. The van der Waals surface area contributed by atoms with Crippen LogP contribution in [0.5, 0.6) is 5.75 Å². The van der Waals surface area contributed by atoms with Crippen molar-refractivity contribution in [3.8, 4) is 5.75 Å². The van der Waals surface area contributed by atoms with Crippen molar-refractivity contribution < 1.29 is 9.53 Å². The van der Waals surface area contributed by atoms with Crippen molar-refractivity contribution >= 4 is 23.3 Å². The Morgan fingerprint density at radius 1 is 1.17 bits per heavy atom. The van der Waals surface area contributed by atoms with Crippen molar-refractivity contribution in [2.45, 2.75) is 19.8 Å². The van der Waals surface area contributed by atoms with Crippen LogP contribution in [0.1, 0.15) is 25.3 Å². The third-order valence-electron chi connectivity index (χ3n) is 3.28. The fourth-order valence-corrected chi connectivity index (χ4v) is 2.13. The van der Waals surface area contributed by atoms with E-state index in [2.05, 4.69) is 30.5 Å². The van der Waals surface area contributed by atoms with E-state index >= 15 is 0 Å². The van der Waals surface area contributed by atoms with Crippen LogP contribution >= 0.6 is 11.6 Å². The van der Waals surface area contributed by atoms with E-state index in [0.29, 0.717) is 29.8 Å². The van der Waals surface area contributed by atoms with Gasteiger partial charge in [-0.3, -0.25) is 0 Å². The SMILES string of the molecule is CC(C)c1cccc(OCCNC(=O)Nc2ccc(Cl)cc2)c1. The summed E-state index contributed by atoms with van der Waals surface area (Å²) in [7, 11) is 0. The lowest BCUT2D eigenvalue weighted by molar-refractivity contribution is 0.247. The molecule has 0 unspecified atom stereocenters. The summed E-state index contributed by atoms with van der Waals surface area (Å²) in [5, 5.41) is 6.11. The van der Waals surface area contributed by atoms with Gasteiger partial charge in [0.1, 0.15) is 12.4 Å². The molecule has 4 nitrogen and oxygen atoms in total. The highest BCUT2D eigenvalue weighted by Gasteiger charge is 2.03. The third-order valence-corrected chi connectivity index (χ3v) is 3.54. The Morgan fingerprint density at radius 3 is 2.61 bits per heavy atom. The van der Waals surface area contributed by atoms with Gasteiger partial charge in [0, 0.05) is 10.7 Å². The van der Waals surface area contributed by atoms with Gasteiger partial charge in [-0.1, -0.05) is 37.6 Å². The Bertz CT molecular complexity index is 642. The first-order valence-corrected chi connectivity index (χ1v) is 7.95. The summed E-state index contributed by atoms with van der Waals surface area (Å²) < 4.78 is 5.65. The molecule has 0 radical (unpaired) electrons. The van der Waals surface area contributed by atoms with Gasteiger partial charge in [0.15, 0.2) is 0 Å². The third kappa shape index (κ3) is 5.83. The second-order valence-electron chi connectivity index (χ2n) is 5.46. The quantitative estimate of drug-likeness (QED) is 0.755. The van der Waals surface area contributed by atoms with Gasteiger partial charge in [0.05, 0.1) is 6.54 Å². The lowest BCUT2D eigenvalue weighted by Gasteiger charge is -2.11. The number of hydrogen-bond acceptors (Lipinski definition) is 2. The maximum atomic E-state index is 11.7. The number of carbonyl (C=O) groups is 1. The number of carbonyl (C=O) groups excluding carboxylic acids is 1. The van der Waals surface area contributed by atoms with Crippen molar-refractivity contribution in [1.82, 2.24) is 5.32 Å². The van der Waals surface area contributed by atoms with Crippen molar-refractivity contribution in [1.29, 1.82) is 0 Å². The highest BCUT2D eigenvalue weighted by atomic mass is 35.5. The summed E-state index contributed by atoms with van der Waals surface area (Å²) in [6.45, 7) is 5.12. The van der Waals surface area contributed by atoms with Crippen LogP contribution in [0.3, 0.4) is 0 Å². The molecule has 0 heterocycles. The number of anilines is 1. The number of rotatable bonds is 6. The van der Waals surface area contributed by atoms with Crippen LogP contribution in [0.4, 0.5) is 10.5 Å². The second-order valence-corrected chi connectivity index (χ2v) is 5.90. The van der Waals surface area contributed by atoms with Crippen LogP contribution in [-0.4, -0.2) is 19.2 Å². The minimum Gasteiger partial charge on any atom is -0.492 e. The molecule has 0 saturated heterocycles. The summed E-state index contributed by atoms with van der Waals surface area (Å²) in [6.07, 6.45) is 0. The zero-order valence-electron chi connectivity index (χ0n) is 13.3. The Morgan fingerprint density at radius 2 is 1.91 bits per heavy atom. The molecule has 0 bridgehead atoms. The van der Waals surface area contributed by atoms with Gasteiger partial charge in [-0.05, 0) is 47.9 Å². The van der Waals surface area contributed by atoms with Gasteiger partial charge in [-0.2, -0.15) is 0 Å². The van der Waals surface area contributed by atoms with Crippen LogP contribution in [0, 0.1) is 0 Å². The number of ether oxygens (including phenoxy) is 1. The molecule has 2 amide bonds. The Balaban J connectivity index is 1.71. The van der Waals surface area contributed by atoms with E-state index in [9.17, 15) is 4.79 Å². The van der Waals surface area contributed by atoms with Gasteiger partial charge in [0.2, 0.25) is 0 Å². The van der Waals surface area contributed by atoms with E-state index in [1.54, 1.807) is 24.3 Å². The number of benzene rings is 2. The number of hydrogen-bond donors (Lipinski definition) is 2. The van der Waals surface area contributed by atoms with Crippen molar-refractivity contribution in [3.63, 3.8) is 0 Å². The smallest absolute Gasteiger partial charge is 0.319 e. The number of urea groups is 1. The van der Waals surface area contributed by atoms with E-state index in [0.717, 1.165) is 5.75 Å². The van der Waals surface area contributed by atoms with Gasteiger partial charge < -0.3 is 15.4 Å². The first-order chi connectivity index (χ1) is 11.0. The molecule has 0 spiro atoms. The molecule has 0 aliphatic heterocycles. The van der Waals surface area contributed by atoms with Gasteiger partial charge >= 0.3 is 6.03 Å². The predicted molar refractivity (Wildman–Crippen MR) is 94.5 cm³/mol. The molecule has 0 atom stereocenters. The molecule has 5 heteroatoms. The standard InChI is InChI=1S/C18H21ClN2O2/c1-13(2)14-4-3-5-17(12-14)23-11-10-20-18(22)21-16-8-6-15(19)7-9-16/h3-9,12-13H,10-11H2,1-2H3,(H2,20,21,22). The second kappa shape index (κ2) is 8.44. The fourth-order valence-electron chi connectivity index (χ4n) is 2.01. The average molecular weight is 333 g/mol. The summed E-state index contributed by atoms with van der Waals surface area (Å²) in [5.41, 5.74) is 1.92. The lowest BCUT2D eigenvalue weighted by Crippen LogP contribution is -2.32. The molecule has 0 fully saturated rings. The van der Waals surface area contributed by atoms with Crippen LogP contribution in [-0.2, 0) is 0 Å². The molecular formula is C18H21ClN2O2. The lowest BCUT2D eigenvalue weighted by atomic mass is 10.0. The molecule has 0 saturated carbocycles. The highest BCUT2D eigenvalue weighted by molar-refractivity contribution is 6.30. The molecule has 2 aromatic carbocycles. The van der Waals surface area contributed by atoms with Crippen molar-refractivity contribution in [3.05, 3.63) is 59.1 Å². The monoisotopic (exact) mass is 332 g/mol. The summed E-state index contributed by atoms with van der Waals surface area (Å²) >= 11 is 5.79. The van der Waals surface area contributed by atoms with E-state index in [4.69, 9.17) is 16.3 Å². The van der Waals surface area contributed by atoms with E-state index in [-0.39, 0.29) is 6.03 Å². The molecule has 2 rings (SSSR count). The number of halogens is 1. The minimum absolute atomic E-state index is 0.271. The maximum absolute atomic E-state index is 11.7. The Kier molecular flexibility index (Phi) is 6.29. The first kappa shape index (κ1) is 17.2. The minimum atomic E-state index is -0.271. The topological polar surface area (TPSA) is 50.4 Å². The van der Waals surface area contributed by atoms with Crippen molar-refractivity contribution in [2.75, 3.05) is 18.5 Å². The van der Waals surface area contributed by atoms with E-state index in [1.807, 2.05) is 18.2 Å². The first-order valence-electron chi connectivity index (χ1n) is 7.58. The normalized spacial score (nSPS) is 10.4. The van der Waals surface area contributed by atoms with Crippen LogP contribution in [0.15, 0.2) is 48.5 Å². The molecule has 2 N–H and O–H groups in total. The zero-order chi connectivity index (χ0) is 16.7. The van der Waals surface area contributed by atoms with Gasteiger partial charge in [-0.25, -0.2) is 4.79 Å². The fraction of sp³-hybridized carbons (Fsp3) is 0.278. The van der Waals surface area contributed by atoms with Gasteiger partial charge in [0.25, 0.3) is 0 Å². The zero-order valence-corrected chi connectivity index (χ0v) is 14.1. The van der Waals surface area contributed by atoms with Crippen LogP contribution in [0.2, 0.25) is 5.02 Å². The van der Waals surface area contributed by atoms with Crippen molar-refractivity contribution in [2.24, 2.45) is 0 Å². The van der Waals surface area contributed by atoms with E-state index < -0.39 is 0 Å². The summed E-state index contributed by atoms with van der Waals surface area (Å²) in [4.78, 5) is 11.7. The van der Waals surface area contributed by atoms with Gasteiger partial charge in [-0.15, -0.1) is 0 Å².